The third-order valence-electron chi connectivity index (χ3n) is 3.85. The number of carbonyl (C=O) groups excluding carboxylic acids is 1. The average molecular weight is 390 g/mol. The number of hydrogen-bond acceptors (Lipinski definition) is 5. The zero-order valence-corrected chi connectivity index (χ0v) is 17.1. The van der Waals surface area contributed by atoms with Crippen molar-refractivity contribution in [3.63, 3.8) is 0 Å². The van der Waals surface area contributed by atoms with Crippen LogP contribution in [0.15, 0.2) is 28.7 Å². The van der Waals surface area contributed by atoms with Crippen molar-refractivity contribution in [2.45, 2.75) is 27.3 Å². The Hall–Kier alpha value is -2.61. The normalized spacial score (nSPS) is 11.2. The minimum atomic E-state index is -0.0965. The fraction of sp³-hybridized carbons (Fsp3) is 0.421. The Balaban J connectivity index is 1.78. The minimum absolute atomic E-state index is 0.0965. The maximum Gasteiger partial charge on any atom is 0.263 e. The third kappa shape index (κ3) is 6.25. The second kappa shape index (κ2) is 10.5. The maximum atomic E-state index is 12.0. The Morgan fingerprint density at radius 3 is 2.67 bits per heavy atom. The van der Waals surface area contributed by atoms with Crippen molar-refractivity contribution in [1.29, 1.82) is 0 Å². The highest BCUT2D eigenvalue weighted by atomic mass is 32.1. The second-order valence-corrected chi connectivity index (χ2v) is 6.77. The van der Waals surface area contributed by atoms with E-state index in [1.807, 2.05) is 26.8 Å². The van der Waals surface area contributed by atoms with Gasteiger partial charge in [-0.3, -0.25) is 9.79 Å². The van der Waals surface area contributed by atoms with Crippen molar-refractivity contribution in [3.05, 3.63) is 45.4 Å². The summed E-state index contributed by atoms with van der Waals surface area (Å²) < 4.78 is 5.70. The van der Waals surface area contributed by atoms with Gasteiger partial charge in [0.1, 0.15) is 10.6 Å². The van der Waals surface area contributed by atoms with E-state index >= 15 is 0 Å². The monoisotopic (exact) mass is 389 g/mol. The second-order valence-electron chi connectivity index (χ2n) is 5.92. The van der Waals surface area contributed by atoms with Gasteiger partial charge in [0.15, 0.2) is 5.96 Å². The summed E-state index contributed by atoms with van der Waals surface area (Å²) in [5, 5.41) is 9.33. The SMILES string of the molecule is CCOc1cc(C)ccc1CNC(=NC)NCCNC(=O)c1scnc1C. The number of aromatic nitrogens is 1. The molecule has 0 saturated heterocycles. The first-order valence-corrected chi connectivity index (χ1v) is 9.78. The zero-order valence-electron chi connectivity index (χ0n) is 16.3. The number of ether oxygens (including phenoxy) is 1. The summed E-state index contributed by atoms with van der Waals surface area (Å²) in [7, 11) is 1.72. The molecule has 0 aliphatic carbocycles. The predicted octanol–water partition coefficient (Wildman–Crippen LogP) is 2.25. The highest BCUT2D eigenvalue weighted by Gasteiger charge is 2.10. The first-order chi connectivity index (χ1) is 13.0. The molecule has 1 heterocycles. The lowest BCUT2D eigenvalue weighted by atomic mass is 10.1. The summed E-state index contributed by atoms with van der Waals surface area (Å²) >= 11 is 1.35. The Morgan fingerprint density at radius 2 is 2.00 bits per heavy atom. The number of rotatable bonds is 8. The Bertz CT molecular complexity index is 788. The molecule has 8 heteroatoms. The van der Waals surface area contributed by atoms with E-state index in [0.29, 0.717) is 37.1 Å². The molecule has 1 aromatic heterocycles. The zero-order chi connectivity index (χ0) is 19.6. The molecule has 0 aliphatic heterocycles. The minimum Gasteiger partial charge on any atom is -0.494 e. The largest absolute Gasteiger partial charge is 0.494 e. The Kier molecular flexibility index (Phi) is 8.06. The van der Waals surface area contributed by atoms with Crippen LogP contribution in [0.4, 0.5) is 0 Å². The molecule has 2 rings (SSSR count). The number of guanidine groups is 1. The summed E-state index contributed by atoms with van der Waals surface area (Å²) in [6.45, 7) is 8.13. The lowest BCUT2D eigenvalue weighted by Crippen LogP contribution is -2.41. The van der Waals surface area contributed by atoms with Crippen LogP contribution in [0.3, 0.4) is 0 Å². The maximum absolute atomic E-state index is 12.0. The Morgan fingerprint density at radius 1 is 1.22 bits per heavy atom. The van der Waals surface area contributed by atoms with Crippen molar-refractivity contribution in [2.75, 3.05) is 26.7 Å². The molecule has 27 heavy (non-hydrogen) atoms. The smallest absolute Gasteiger partial charge is 0.263 e. The quantitative estimate of drug-likeness (QED) is 0.366. The molecule has 0 radical (unpaired) electrons. The van der Waals surface area contributed by atoms with E-state index in [1.165, 1.54) is 11.3 Å². The fourth-order valence-corrected chi connectivity index (χ4v) is 3.17. The van der Waals surface area contributed by atoms with Gasteiger partial charge in [-0.1, -0.05) is 12.1 Å². The Labute approximate surface area is 164 Å². The molecule has 0 unspecified atom stereocenters. The number of amides is 1. The van der Waals surface area contributed by atoms with Gasteiger partial charge in [0.2, 0.25) is 0 Å². The molecular weight excluding hydrogens is 362 g/mol. The van der Waals surface area contributed by atoms with Gasteiger partial charge in [-0.05, 0) is 32.4 Å². The molecule has 0 aliphatic rings. The van der Waals surface area contributed by atoms with Crippen molar-refractivity contribution < 1.29 is 9.53 Å². The van der Waals surface area contributed by atoms with Gasteiger partial charge in [0, 0.05) is 32.2 Å². The third-order valence-corrected chi connectivity index (χ3v) is 4.77. The van der Waals surface area contributed by atoms with E-state index in [1.54, 1.807) is 12.6 Å². The van der Waals surface area contributed by atoms with Crippen LogP contribution in [0.5, 0.6) is 5.75 Å². The van der Waals surface area contributed by atoms with Gasteiger partial charge < -0.3 is 20.7 Å². The van der Waals surface area contributed by atoms with Crippen LogP contribution in [-0.2, 0) is 6.54 Å². The topological polar surface area (TPSA) is 87.6 Å². The van der Waals surface area contributed by atoms with Crippen LogP contribution in [0.1, 0.15) is 33.4 Å². The molecule has 0 saturated carbocycles. The molecule has 0 atom stereocenters. The first kappa shape index (κ1) is 20.7. The van der Waals surface area contributed by atoms with Crippen LogP contribution in [-0.4, -0.2) is 43.6 Å². The van der Waals surface area contributed by atoms with Crippen molar-refractivity contribution in [1.82, 2.24) is 20.9 Å². The van der Waals surface area contributed by atoms with Crippen LogP contribution >= 0.6 is 11.3 Å². The number of carbonyl (C=O) groups is 1. The van der Waals surface area contributed by atoms with E-state index in [-0.39, 0.29) is 5.91 Å². The lowest BCUT2D eigenvalue weighted by Gasteiger charge is -2.15. The molecule has 0 spiro atoms. The molecule has 1 amide bonds. The van der Waals surface area contributed by atoms with Crippen molar-refractivity contribution >= 4 is 23.2 Å². The summed E-state index contributed by atoms with van der Waals surface area (Å²) in [6.07, 6.45) is 0. The van der Waals surface area contributed by atoms with Gasteiger partial charge in [0.05, 0.1) is 17.8 Å². The molecule has 0 fully saturated rings. The summed E-state index contributed by atoms with van der Waals surface area (Å²) in [5.41, 5.74) is 4.66. The fourth-order valence-electron chi connectivity index (χ4n) is 2.45. The van der Waals surface area contributed by atoms with Crippen LogP contribution < -0.4 is 20.7 Å². The van der Waals surface area contributed by atoms with Crippen LogP contribution in [0, 0.1) is 13.8 Å². The van der Waals surface area contributed by atoms with Gasteiger partial charge in [-0.2, -0.15) is 0 Å². The highest BCUT2D eigenvalue weighted by molar-refractivity contribution is 7.11. The van der Waals surface area contributed by atoms with Gasteiger partial charge in [0.25, 0.3) is 5.91 Å². The van der Waals surface area contributed by atoms with Crippen LogP contribution in [0.2, 0.25) is 0 Å². The molecule has 7 nitrogen and oxygen atoms in total. The van der Waals surface area contributed by atoms with Crippen molar-refractivity contribution in [3.8, 4) is 5.75 Å². The average Bonchev–Trinajstić information content (AvgIpc) is 3.08. The van der Waals surface area contributed by atoms with E-state index in [2.05, 4.69) is 38.1 Å². The molecule has 146 valence electrons. The molecular formula is C19H27N5O2S. The summed E-state index contributed by atoms with van der Waals surface area (Å²) in [6, 6.07) is 6.15. The number of nitrogens with zero attached hydrogens (tertiary/aromatic N) is 2. The first-order valence-electron chi connectivity index (χ1n) is 8.90. The molecule has 2 aromatic rings. The van der Waals surface area contributed by atoms with E-state index in [0.717, 1.165) is 22.6 Å². The van der Waals surface area contributed by atoms with Gasteiger partial charge >= 0.3 is 0 Å². The van der Waals surface area contributed by atoms with E-state index < -0.39 is 0 Å². The number of aryl methyl sites for hydroxylation is 2. The van der Waals surface area contributed by atoms with E-state index in [4.69, 9.17) is 4.74 Å². The van der Waals surface area contributed by atoms with Gasteiger partial charge in [-0.15, -0.1) is 11.3 Å². The highest BCUT2D eigenvalue weighted by Crippen LogP contribution is 2.20. The molecule has 1 aromatic carbocycles. The van der Waals surface area contributed by atoms with E-state index in [9.17, 15) is 4.79 Å². The number of nitrogens with one attached hydrogen (secondary N) is 3. The van der Waals surface area contributed by atoms with Crippen molar-refractivity contribution in [2.24, 2.45) is 4.99 Å². The number of hydrogen-bond donors (Lipinski definition) is 3. The predicted molar refractivity (Wildman–Crippen MR) is 110 cm³/mol. The molecule has 3 N–H and O–H groups in total. The number of thiazole rings is 1. The summed E-state index contributed by atoms with van der Waals surface area (Å²) in [4.78, 5) is 21.0. The standard InChI is InChI=1S/C19H27N5O2S/c1-5-26-16-10-13(2)6-7-15(16)11-23-19(20-4)22-9-8-21-18(25)17-14(3)24-12-27-17/h6-7,10,12H,5,8-9,11H2,1-4H3,(H,21,25)(H2,20,22,23). The number of aliphatic imine (C=N–C) groups is 1. The molecule has 0 bridgehead atoms. The van der Waals surface area contributed by atoms with Crippen LogP contribution in [0.25, 0.3) is 0 Å². The number of benzene rings is 1. The summed E-state index contributed by atoms with van der Waals surface area (Å²) in [5.74, 6) is 1.45. The lowest BCUT2D eigenvalue weighted by molar-refractivity contribution is 0.0957. The van der Waals surface area contributed by atoms with Gasteiger partial charge in [-0.25, -0.2) is 4.98 Å².